The second-order valence-corrected chi connectivity index (χ2v) is 3.88. The molecular weight excluding hydrogens is 190 g/mol. The van der Waals surface area contributed by atoms with E-state index in [9.17, 15) is 9.59 Å². The van der Waals surface area contributed by atoms with Crippen LogP contribution < -0.4 is 0 Å². The summed E-state index contributed by atoms with van der Waals surface area (Å²) in [5.41, 5.74) is 0.665. The smallest absolute Gasteiger partial charge is 0.365 e. The Bertz CT molecular complexity index is 383. The average molecular weight is 197 g/mol. The molecule has 0 fully saturated rings. The Morgan fingerprint density at radius 1 is 1.46 bits per heavy atom. The van der Waals surface area contributed by atoms with E-state index in [0.717, 1.165) is 24.2 Å². The van der Waals surface area contributed by atoms with Crippen LogP contribution in [0.1, 0.15) is 38.0 Å². The largest absolute Gasteiger partial charge is 0.476 e. The standard InChI is InChI=1S/C8H7NO3S/c10-5-3-1-2-4-6(5)13-7(9-4)8(11)12/h1-3H2,(H,11,12). The minimum absolute atomic E-state index is 0.0280. The van der Waals surface area contributed by atoms with Gasteiger partial charge < -0.3 is 5.11 Å². The van der Waals surface area contributed by atoms with Gasteiger partial charge in [-0.2, -0.15) is 0 Å². The third-order valence-electron chi connectivity index (χ3n) is 1.95. The molecule has 1 aliphatic carbocycles. The summed E-state index contributed by atoms with van der Waals surface area (Å²) in [5, 5.41) is 8.68. The molecule has 4 nitrogen and oxygen atoms in total. The second-order valence-electron chi connectivity index (χ2n) is 2.88. The number of fused-ring (bicyclic) bond motifs is 1. The molecule has 2 rings (SSSR count). The van der Waals surface area contributed by atoms with Crippen molar-refractivity contribution in [3.05, 3.63) is 15.6 Å². The predicted octanol–water partition coefficient (Wildman–Crippen LogP) is 1.36. The maximum Gasteiger partial charge on any atom is 0.365 e. The molecular formula is C8H7NO3S. The summed E-state index contributed by atoms with van der Waals surface area (Å²) in [6.45, 7) is 0. The van der Waals surface area contributed by atoms with Crippen molar-refractivity contribution < 1.29 is 14.7 Å². The Morgan fingerprint density at radius 3 is 2.85 bits per heavy atom. The first-order valence-electron chi connectivity index (χ1n) is 3.94. The van der Waals surface area contributed by atoms with Crippen molar-refractivity contribution in [2.24, 2.45) is 0 Å². The number of hydrogen-bond donors (Lipinski definition) is 1. The minimum Gasteiger partial charge on any atom is -0.476 e. The van der Waals surface area contributed by atoms with Crippen LogP contribution in [0.5, 0.6) is 0 Å². The third-order valence-corrected chi connectivity index (χ3v) is 3.08. The fourth-order valence-corrected chi connectivity index (χ4v) is 2.28. The van der Waals surface area contributed by atoms with Crippen molar-refractivity contribution in [1.82, 2.24) is 4.98 Å². The number of aryl methyl sites for hydroxylation is 1. The average Bonchev–Trinajstić information content (AvgIpc) is 2.49. The lowest BCUT2D eigenvalue weighted by Gasteiger charge is -2.06. The van der Waals surface area contributed by atoms with Gasteiger partial charge in [0, 0.05) is 6.42 Å². The van der Waals surface area contributed by atoms with Gasteiger partial charge in [0.05, 0.1) is 10.6 Å². The predicted molar refractivity (Wildman–Crippen MR) is 46.3 cm³/mol. The molecule has 1 N–H and O–H groups in total. The molecule has 0 bridgehead atoms. The Balaban J connectivity index is 2.48. The molecule has 0 saturated heterocycles. The molecule has 1 aliphatic rings. The van der Waals surface area contributed by atoms with Crippen LogP contribution in [0.4, 0.5) is 0 Å². The van der Waals surface area contributed by atoms with Gasteiger partial charge in [0.25, 0.3) is 0 Å². The van der Waals surface area contributed by atoms with Crippen molar-refractivity contribution >= 4 is 23.1 Å². The molecule has 1 aromatic heterocycles. The first-order valence-corrected chi connectivity index (χ1v) is 4.76. The van der Waals surface area contributed by atoms with Gasteiger partial charge in [0.2, 0.25) is 5.01 Å². The minimum atomic E-state index is -1.05. The normalized spacial score (nSPS) is 15.5. The van der Waals surface area contributed by atoms with Crippen LogP contribution in [0.25, 0.3) is 0 Å². The number of aromatic carboxylic acids is 1. The number of aromatic nitrogens is 1. The molecule has 5 heteroatoms. The number of hydrogen-bond acceptors (Lipinski definition) is 4. The number of carboxylic acids is 1. The van der Waals surface area contributed by atoms with Crippen molar-refractivity contribution in [3.8, 4) is 0 Å². The molecule has 0 aliphatic heterocycles. The molecule has 0 atom stereocenters. The summed E-state index contributed by atoms with van der Waals surface area (Å²) in [6, 6.07) is 0. The number of ketones is 1. The lowest BCUT2D eigenvalue weighted by atomic mass is 10.0. The Hall–Kier alpha value is -1.23. The first-order chi connectivity index (χ1) is 6.18. The first kappa shape index (κ1) is 8.37. The summed E-state index contributed by atoms with van der Waals surface area (Å²) < 4.78 is 0. The molecule has 0 aromatic carbocycles. The maximum absolute atomic E-state index is 11.3. The van der Waals surface area contributed by atoms with E-state index < -0.39 is 5.97 Å². The van der Waals surface area contributed by atoms with Gasteiger partial charge >= 0.3 is 5.97 Å². The lowest BCUT2D eigenvalue weighted by molar-refractivity contribution is 0.0696. The summed E-state index contributed by atoms with van der Waals surface area (Å²) in [4.78, 5) is 26.3. The molecule has 0 saturated carbocycles. The number of thiazole rings is 1. The molecule has 68 valence electrons. The molecule has 0 radical (unpaired) electrons. The SMILES string of the molecule is O=C(O)c1nc2c(s1)C(=O)CCC2. The zero-order valence-electron chi connectivity index (χ0n) is 6.74. The lowest BCUT2D eigenvalue weighted by Crippen LogP contribution is -2.07. The van der Waals surface area contributed by atoms with Crippen LogP contribution >= 0.6 is 11.3 Å². The fraction of sp³-hybridized carbons (Fsp3) is 0.375. The van der Waals surface area contributed by atoms with E-state index in [1.165, 1.54) is 0 Å². The van der Waals surface area contributed by atoms with Gasteiger partial charge in [-0.25, -0.2) is 9.78 Å². The zero-order valence-corrected chi connectivity index (χ0v) is 7.56. The number of carbonyl (C=O) groups excluding carboxylic acids is 1. The number of carboxylic acid groups (broad SMARTS) is 1. The van der Waals surface area contributed by atoms with Gasteiger partial charge in [0.1, 0.15) is 0 Å². The van der Waals surface area contributed by atoms with Gasteiger partial charge in [-0.1, -0.05) is 0 Å². The maximum atomic E-state index is 11.3. The summed E-state index contributed by atoms with van der Waals surface area (Å²) in [6.07, 6.45) is 2.04. The van der Waals surface area contributed by atoms with Crippen LogP contribution in [-0.4, -0.2) is 21.8 Å². The van der Waals surface area contributed by atoms with Crippen molar-refractivity contribution in [2.75, 3.05) is 0 Å². The number of Topliss-reactive ketones (excluding diaryl/α,β-unsaturated/α-hetero) is 1. The van der Waals surface area contributed by atoms with Gasteiger partial charge in [-0.15, -0.1) is 11.3 Å². The highest BCUT2D eigenvalue weighted by Crippen LogP contribution is 2.26. The summed E-state index contributed by atoms with van der Waals surface area (Å²) >= 11 is 0.991. The van der Waals surface area contributed by atoms with Gasteiger partial charge in [-0.05, 0) is 12.8 Å². The third kappa shape index (κ3) is 1.35. The Morgan fingerprint density at radius 2 is 2.23 bits per heavy atom. The summed E-state index contributed by atoms with van der Waals surface area (Å²) in [7, 11) is 0. The highest BCUT2D eigenvalue weighted by molar-refractivity contribution is 7.15. The zero-order chi connectivity index (χ0) is 9.42. The van der Waals surface area contributed by atoms with E-state index in [-0.39, 0.29) is 10.8 Å². The summed E-state index contributed by atoms with van der Waals surface area (Å²) in [5.74, 6) is -1.02. The second kappa shape index (κ2) is 2.92. The van der Waals surface area contributed by atoms with Crippen molar-refractivity contribution in [2.45, 2.75) is 19.3 Å². The van der Waals surface area contributed by atoms with Gasteiger partial charge in [0.15, 0.2) is 5.78 Å². The van der Waals surface area contributed by atoms with Crippen molar-refractivity contribution in [3.63, 3.8) is 0 Å². The number of nitrogens with zero attached hydrogens (tertiary/aromatic N) is 1. The number of rotatable bonds is 1. The van der Waals surface area contributed by atoms with E-state index in [4.69, 9.17) is 5.11 Å². The monoisotopic (exact) mass is 197 g/mol. The van der Waals surface area contributed by atoms with E-state index in [1.54, 1.807) is 0 Å². The topological polar surface area (TPSA) is 67.3 Å². The highest BCUT2D eigenvalue weighted by atomic mass is 32.1. The number of carbonyl (C=O) groups is 2. The Labute approximate surface area is 78.2 Å². The van der Waals surface area contributed by atoms with Crippen LogP contribution in [0.15, 0.2) is 0 Å². The van der Waals surface area contributed by atoms with Gasteiger partial charge in [-0.3, -0.25) is 4.79 Å². The molecule has 1 aromatic rings. The van der Waals surface area contributed by atoms with Crippen molar-refractivity contribution in [1.29, 1.82) is 0 Å². The van der Waals surface area contributed by atoms with E-state index in [2.05, 4.69) is 4.98 Å². The molecule has 1 heterocycles. The molecule has 0 spiro atoms. The molecule has 0 unspecified atom stereocenters. The van der Waals surface area contributed by atoms with E-state index in [0.29, 0.717) is 17.0 Å². The van der Waals surface area contributed by atoms with Crippen LogP contribution in [-0.2, 0) is 6.42 Å². The van der Waals surface area contributed by atoms with E-state index >= 15 is 0 Å². The fourth-order valence-electron chi connectivity index (χ4n) is 1.36. The quantitative estimate of drug-likeness (QED) is 0.738. The van der Waals surface area contributed by atoms with E-state index in [1.807, 2.05) is 0 Å². The Kier molecular flexibility index (Phi) is 1.88. The molecule has 13 heavy (non-hydrogen) atoms. The van der Waals surface area contributed by atoms with Crippen LogP contribution in [0.2, 0.25) is 0 Å². The molecule has 0 amide bonds. The van der Waals surface area contributed by atoms with Crippen LogP contribution in [0, 0.1) is 0 Å². The highest BCUT2D eigenvalue weighted by Gasteiger charge is 2.23. The van der Waals surface area contributed by atoms with Crippen LogP contribution in [0.3, 0.4) is 0 Å².